The van der Waals surface area contributed by atoms with E-state index < -0.39 is 0 Å². The van der Waals surface area contributed by atoms with E-state index in [0.29, 0.717) is 0 Å². The molecule has 6 heavy (non-hydrogen) atoms. The van der Waals surface area contributed by atoms with Crippen molar-refractivity contribution < 1.29 is 41.2 Å². The van der Waals surface area contributed by atoms with Crippen LogP contribution in [-0.4, -0.2) is 5.60 Å². The van der Waals surface area contributed by atoms with Crippen molar-refractivity contribution in [2.45, 2.75) is 26.4 Å². The van der Waals surface area contributed by atoms with Gasteiger partial charge in [-0.05, 0) is 0 Å². The van der Waals surface area contributed by atoms with E-state index in [1.165, 1.54) is 0 Å². The summed E-state index contributed by atoms with van der Waals surface area (Å²) in [4.78, 5) is 0. The molecule has 2 heteroatoms. The molecule has 0 N–H and O–H groups in total. The third-order valence-corrected chi connectivity index (χ3v) is 2.23. The Bertz CT molecular complexity index is 37.3. The Labute approximate surface area is 66.9 Å². The summed E-state index contributed by atoms with van der Waals surface area (Å²) < 4.78 is 5.08. The minimum atomic E-state index is 0.103. The number of hydrogen-bond donors (Lipinski definition) is 0. The molecule has 0 aliphatic carbocycles. The second kappa shape index (κ2) is 2.60. The van der Waals surface area contributed by atoms with Gasteiger partial charge in [0.25, 0.3) is 0 Å². The van der Waals surface area contributed by atoms with Gasteiger partial charge in [-0.15, -0.1) is 0 Å². The summed E-state index contributed by atoms with van der Waals surface area (Å²) in [5.41, 5.74) is 0.103. The van der Waals surface area contributed by atoms with Gasteiger partial charge in [0.05, 0.1) is 0 Å². The fourth-order valence-electron chi connectivity index (χ4n) is 0. The molecule has 35 valence electrons. The van der Waals surface area contributed by atoms with Gasteiger partial charge in [0.1, 0.15) is 0 Å². The van der Waals surface area contributed by atoms with E-state index in [-0.39, 0.29) is 5.60 Å². The number of hydrogen-bond acceptors (Lipinski definition) is 1. The SMILES string of the molecule is CC(C)(C)[O][Ce]. The van der Waals surface area contributed by atoms with Crippen LogP contribution in [0.5, 0.6) is 0 Å². The van der Waals surface area contributed by atoms with E-state index in [2.05, 4.69) is 20.8 Å². The fraction of sp³-hybridized carbons (Fsp3) is 1.00. The van der Waals surface area contributed by atoms with Crippen LogP contribution in [0.1, 0.15) is 20.8 Å². The van der Waals surface area contributed by atoms with Crippen LogP contribution in [0.25, 0.3) is 0 Å². The molecule has 0 aromatic rings. The Morgan fingerprint density at radius 1 is 1.33 bits per heavy atom. The molecular formula is C4H9CeO. The molecular weight excluding hydrogens is 204 g/mol. The monoisotopic (exact) mass is 213 g/mol. The summed E-state index contributed by atoms with van der Waals surface area (Å²) >= 11 is 0.848. The first-order valence-corrected chi connectivity index (χ1v) is 3.19. The first kappa shape index (κ1) is 7.34. The summed E-state index contributed by atoms with van der Waals surface area (Å²) in [7, 11) is 0. The molecule has 0 radical (unpaired) electrons. The molecule has 0 rings (SSSR count). The fourth-order valence-corrected chi connectivity index (χ4v) is 0. The zero-order valence-electron chi connectivity index (χ0n) is 4.41. The van der Waals surface area contributed by atoms with Crippen LogP contribution in [0.15, 0.2) is 0 Å². The summed E-state index contributed by atoms with van der Waals surface area (Å²) in [6, 6.07) is 0. The minimum absolute atomic E-state index is 0.103. The van der Waals surface area contributed by atoms with Gasteiger partial charge in [-0.1, -0.05) is 0 Å². The van der Waals surface area contributed by atoms with E-state index in [1.807, 2.05) is 0 Å². The van der Waals surface area contributed by atoms with Crippen LogP contribution in [0.3, 0.4) is 0 Å². The Morgan fingerprint density at radius 2 is 1.50 bits per heavy atom. The van der Waals surface area contributed by atoms with E-state index >= 15 is 0 Å². The van der Waals surface area contributed by atoms with E-state index in [4.69, 9.17) is 0.951 Å². The van der Waals surface area contributed by atoms with Crippen LogP contribution in [-0.2, 0) is 0.951 Å². The molecule has 0 unspecified atom stereocenters. The van der Waals surface area contributed by atoms with E-state index in [1.54, 1.807) is 0 Å². The van der Waals surface area contributed by atoms with Crippen LogP contribution in [0.2, 0.25) is 0 Å². The van der Waals surface area contributed by atoms with Gasteiger partial charge < -0.3 is 0 Å². The quantitative estimate of drug-likeness (QED) is 0.588. The molecule has 0 aromatic heterocycles. The first-order chi connectivity index (χ1) is 2.56. The average molecular weight is 213 g/mol. The molecule has 1 nitrogen and oxygen atoms in total. The molecule has 0 amide bonds. The van der Waals surface area contributed by atoms with Gasteiger partial charge in [-0.2, -0.15) is 0 Å². The van der Waals surface area contributed by atoms with E-state index in [9.17, 15) is 0 Å². The maximum absolute atomic E-state index is 5.08. The molecule has 0 bridgehead atoms. The standard InChI is InChI=1S/C4H9O.Ce/c1-4(2,3)5;/h1-3H3;/q-1;+1. The van der Waals surface area contributed by atoms with Crippen molar-refractivity contribution in [1.29, 1.82) is 0 Å². The van der Waals surface area contributed by atoms with Crippen molar-refractivity contribution in [2.75, 3.05) is 0 Å². The second-order valence-corrected chi connectivity index (χ2v) is 2.86. The predicted molar refractivity (Wildman–Crippen MR) is 20.8 cm³/mol. The Morgan fingerprint density at radius 3 is 1.50 bits per heavy atom. The summed E-state index contributed by atoms with van der Waals surface area (Å²) in [5.74, 6) is 0. The van der Waals surface area contributed by atoms with Gasteiger partial charge in [0, 0.05) is 0 Å². The van der Waals surface area contributed by atoms with Crippen LogP contribution >= 0.6 is 0 Å². The third-order valence-electron chi connectivity index (χ3n) is 0.306. The predicted octanol–water partition coefficient (Wildman–Crippen LogP) is 1.27. The van der Waals surface area contributed by atoms with Crippen molar-refractivity contribution in [1.82, 2.24) is 0 Å². The molecule has 0 saturated carbocycles. The van der Waals surface area contributed by atoms with Gasteiger partial charge >= 0.3 is 67.6 Å². The molecule has 0 aliphatic heterocycles. The Hall–Kier alpha value is 1.34. The third kappa shape index (κ3) is 5.34. The summed E-state index contributed by atoms with van der Waals surface area (Å²) in [5, 5.41) is 0. The Balaban J connectivity index is 3.17. The second-order valence-electron chi connectivity index (χ2n) is 2.21. The maximum atomic E-state index is 5.08. The van der Waals surface area contributed by atoms with Crippen LogP contribution in [0, 0.1) is 40.2 Å². The molecule has 0 aromatic carbocycles. The van der Waals surface area contributed by atoms with Crippen molar-refractivity contribution in [3.05, 3.63) is 0 Å². The normalized spacial score (nSPS) is 11.7. The van der Waals surface area contributed by atoms with Gasteiger partial charge in [-0.25, -0.2) is 0 Å². The van der Waals surface area contributed by atoms with Gasteiger partial charge in [0.2, 0.25) is 0 Å². The van der Waals surface area contributed by atoms with Crippen molar-refractivity contribution >= 4 is 0 Å². The molecule has 0 heterocycles. The topological polar surface area (TPSA) is 9.23 Å². The van der Waals surface area contributed by atoms with Crippen LogP contribution < -0.4 is 0 Å². The Kier molecular flexibility index (Phi) is 3.18. The van der Waals surface area contributed by atoms with Crippen molar-refractivity contribution in [3.63, 3.8) is 0 Å². The zero-order chi connectivity index (χ0) is 5.21. The molecule has 0 spiro atoms. The molecule has 0 atom stereocenters. The zero-order valence-corrected chi connectivity index (χ0v) is 7.55. The first-order valence-electron chi connectivity index (χ1n) is 1.91. The van der Waals surface area contributed by atoms with Crippen LogP contribution in [0.4, 0.5) is 0 Å². The summed E-state index contributed by atoms with van der Waals surface area (Å²) in [6.45, 7) is 6.17. The average Bonchev–Trinajstić information content (AvgIpc) is 1.35. The van der Waals surface area contributed by atoms with Crippen molar-refractivity contribution in [3.8, 4) is 0 Å². The van der Waals surface area contributed by atoms with E-state index in [0.717, 1.165) is 40.2 Å². The molecule has 0 fully saturated rings. The number of rotatable bonds is 0. The summed E-state index contributed by atoms with van der Waals surface area (Å²) in [6.07, 6.45) is 0. The van der Waals surface area contributed by atoms with Gasteiger partial charge in [0.15, 0.2) is 0 Å². The van der Waals surface area contributed by atoms with Gasteiger partial charge in [-0.3, -0.25) is 0 Å². The molecule has 0 aliphatic rings. The molecule has 0 saturated heterocycles. The van der Waals surface area contributed by atoms with Crippen molar-refractivity contribution in [2.24, 2.45) is 0 Å².